The number of carbonyl (C=O) groups is 1. The molecule has 1 rings (SSSR count). The first-order valence-electron chi connectivity index (χ1n) is 3.09. The average molecular weight is 199 g/mol. The summed E-state index contributed by atoms with van der Waals surface area (Å²) in [6, 6.07) is 0. The first-order chi connectivity index (χ1) is 4.93. The lowest BCUT2D eigenvalue weighted by molar-refractivity contribution is -0.144. The molecule has 0 spiro atoms. The zero-order valence-electron chi connectivity index (χ0n) is 5.53. The van der Waals surface area contributed by atoms with Gasteiger partial charge in [-0.2, -0.15) is 0 Å². The minimum Gasteiger partial charge on any atom is -0.481 e. The molecule has 1 N–H and O–H groups in total. The Balaban J connectivity index is 2.72. The van der Waals surface area contributed by atoms with E-state index in [0.717, 1.165) is 0 Å². The fourth-order valence-corrected chi connectivity index (χ4v) is 2.79. The van der Waals surface area contributed by atoms with Gasteiger partial charge in [-0.25, -0.2) is 8.42 Å². The summed E-state index contributed by atoms with van der Waals surface area (Å²) in [6.07, 6.45) is 0.773. The summed E-state index contributed by atoms with van der Waals surface area (Å²) in [5.74, 6) is -1.87. The summed E-state index contributed by atoms with van der Waals surface area (Å²) in [6.45, 7) is 0. The van der Waals surface area contributed by atoms with Gasteiger partial charge in [0.25, 0.3) is 0 Å². The van der Waals surface area contributed by atoms with E-state index in [1.807, 2.05) is 0 Å². The zero-order valence-corrected chi connectivity index (χ0v) is 7.10. The van der Waals surface area contributed by atoms with Gasteiger partial charge in [-0.3, -0.25) is 4.79 Å². The van der Waals surface area contributed by atoms with Gasteiger partial charge in [0.2, 0.25) is 9.05 Å². The summed E-state index contributed by atoms with van der Waals surface area (Å²) in [5, 5.41) is 7.57. The molecule has 0 aromatic rings. The smallest absolute Gasteiger partial charge is 0.307 e. The number of carboxylic acids is 1. The lowest BCUT2D eigenvalue weighted by Gasteiger charge is -2.29. The van der Waals surface area contributed by atoms with E-state index in [1.165, 1.54) is 0 Å². The van der Waals surface area contributed by atoms with Crippen LogP contribution in [0.2, 0.25) is 0 Å². The number of halogens is 1. The van der Waals surface area contributed by atoms with E-state index in [4.69, 9.17) is 15.8 Å². The molecule has 1 fully saturated rings. The molecular formula is C5H7ClO4S. The van der Waals surface area contributed by atoms with Gasteiger partial charge in [-0.1, -0.05) is 0 Å². The second kappa shape index (κ2) is 2.64. The van der Waals surface area contributed by atoms with Crippen molar-refractivity contribution in [3.8, 4) is 0 Å². The number of hydrogen-bond acceptors (Lipinski definition) is 3. The molecule has 6 heteroatoms. The summed E-state index contributed by atoms with van der Waals surface area (Å²) < 4.78 is 21.3. The summed E-state index contributed by atoms with van der Waals surface area (Å²) in [4.78, 5) is 10.3. The molecule has 64 valence electrons. The maximum absolute atomic E-state index is 10.6. The van der Waals surface area contributed by atoms with E-state index in [9.17, 15) is 13.2 Å². The van der Waals surface area contributed by atoms with Gasteiger partial charge in [0, 0.05) is 10.7 Å². The quantitative estimate of drug-likeness (QED) is 0.653. The third-order valence-corrected chi connectivity index (χ3v) is 3.86. The van der Waals surface area contributed by atoms with Crippen LogP contribution in [0.3, 0.4) is 0 Å². The molecule has 0 heterocycles. The predicted octanol–water partition coefficient (Wildman–Crippen LogP) is 0.418. The molecule has 1 saturated carbocycles. The minimum absolute atomic E-state index is 0.364. The number of carboxylic acid groups (broad SMARTS) is 1. The molecule has 0 amide bonds. The van der Waals surface area contributed by atoms with Crippen molar-refractivity contribution in [1.82, 2.24) is 0 Å². The van der Waals surface area contributed by atoms with Crippen LogP contribution in [0.1, 0.15) is 12.8 Å². The Morgan fingerprint density at radius 3 is 2.09 bits per heavy atom. The third kappa shape index (κ3) is 1.65. The Morgan fingerprint density at radius 2 is 2.00 bits per heavy atom. The van der Waals surface area contributed by atoms with E-state index < -0.39 is 26.2 Å². The molecule has 2 atom stereocenters. The molecule has 1 aliphatic carbocycles. The van der Waals surface area contributed by atoms with Gasteiger partial charge in [0.05, 0.1) is 11.2 Å². The van der Waals surface area contributed by atoms with Crippen LogP contribution in [0.5, 0.6) is 0 Å². The van der Waals surface area contributed by atoms with Crippen LogP contribution in [0.4, 0.5) is 0 Å². The first kappa shape index (κ1) is 8.80. The Bertz CT molecular complexity index is 270. The summed E-state index contributed by atoms with van der Waals surface area (Å²) >= 11 is 0. The SMILES string of the molecule is O=C(O)C1CCC1S(=O)(=O)Cl. The van der Waals surface area contributed by atoms with E-state index in [2.05, 4.69) is 0 Å². The highest BCUT2D eigenvalue weighted by Crippen LogP contribution is 2.35. The number of rotatable bonds is 2. The molecule has 0 radical (unpaired) electrons. The molecular weight excluding hydrogens is 192 g/mol. The molecule has 0 aliphatic heterocycles. The van der Waals surface area contributed by atoms with Crippen molar-refractivity contribution in [2.45, 2.75) is 18.1 Å². The van der Waals surface area contributed by atoms with Crippen molar-refractivity contribution >= 4 is 25.7 Å². The highest BCUT2D eigenvalue weighted by atomic mass is 35.7. The van der Waals surface area contributed by atoms with E-state index in [0.29, 0.717) is 12.8 Å². The van der Waals surface area contributed by atoms with Crippen molar-refractivity contribution < 1.29 is 18.3 Å². The lowest BCUT2D eigenvalue weighted by Crippen LogP contribution is -2.41. The van der Waals surface area contributed by atoms with Gasteiger partial charge in [-0.15, -0.1) is 0 Å². The topological polar surface area (TPSA) is 71.4 Å². The fraction of sp³-hybridized carbons (Fsp3) is 0.800. The van der Waals surface area contributed by atoms with Crippen molar-refractivity contribution in [3.05, 3.63) is 0 Å². The van der Waals surface area contributed by atoms with E-state index in [-0.39, 0.29) is 0 Å². The van der Waals surface area contributed by atoms with Gasteiger partial charge >= 0.3 is 5.97 Å². The van der Waals surface area contributed by atoms with Crippen LogP contribution in [-0.4, -0.2) is 24.7 Å². The highest BCUT2D eigenvalue weighted by molar-refractivity contribution is 8.14. The van der Waals surface area contributed by atoms with Crippen LogP contribution in [0.15, 0.2) is 0 Å². The van der Waals surface area contributed by atoms with Gasteiger partial charge in [-0.05, 0) is 12.8 Å². The molecule has 2 unspecified atom stereocenters. The van der Waals surface area contributed by atoms with Gasteiger partial charge in [0.1, 0.15) is 0 Å². The molecule has 1 aliphatic rings. The Labute approximate surface area is 68.6 Å². The van der Waals surface area contributed by atoms with Crippen LogP contribution < -0.4 is 0 Å². The van der Waals surface area contributed by atoms with Crippen molar-refractivity contribution in [2.24, 2.45) is 5.92 Å². The molecule has 0 bridgehead atoms. The Hall–Kier alpha value is -0.290. The Kier molecular flexibility index (Phi) is 2.11. The van der Waals surface area contributed by atoms with Crippen LogP contribution in [0.25, 0.3) is 0 Å². The normalized spacial score (nSPS) is 31.0. The average Bonchev–Trinajstić information content (AvgIpc) is 1.51. The van der Waals surface area contributed by atoms with E-state index in [1.54, 1.807) is 0 Å². The molecule has 0 aromatic carbocycles. The lowest BCUT2D eigenvalue weighted by atomic mass is 9.85. The monoisotopic (exact) mass is 198 g/mol. The van der Waals surface area contributed by atoms with Gasteiger partial charge < -0.3 is 5.11 Å². The molecule has 11 heavy (non-hydrogen) atoms. The number of hydrogen-bond donors (Lipinski definition) is 1. The molecule has 0 saturated heterocycles. The second-order valence-electron chi connectivity index (χ2n) is 2.54. The van der Waals surface area contributed by atoms with Crippen LogP contribution in [-0.2, 0) is 13.8 Å². The van der Waals surface area contributed by atoms with Crippen molar-refractivity contribution in [2.75, 3.05) is 0 Å². The Morgan fingerprint density at radius 1 is 1.45 bits per heavy atom. The van der Waals surface area contributed by atoms with Crippen molar-refractivity contribution in [1.29, 1.82) is 0 Å². The van der Waals surface area contributed by atoms with E-state index >= 15 is 0 Å². The molecule has 0 aromatic heterocycles. The van der Waals surface area contributed by atoms with Crippen LogP contribution >= 0.6 is 10.7 Å². The predicted molar refractivity (Wildman–Crippen MR) is 38.9 cm³/mol. The van der Waals surface area contributed by atoms with Gasteiger partial charge in [0.15, 0.2) is 0 Å². The molecule has 4 nitrogen and oxygen atoms in total. The highest BCUT2D eigenvalue weighted by Gasteiger charge is 2.44. The maximum Gasteiger partial charge on any atom is 0.307 e. The maximum atomic E-state index is 10.6. The standard InChI is InChI=1S/C5H7ClO4S/c6-11(9,10)4-2-1-3(4)5(7)8/h3-4H,1-2H2,(H,7,8). The largest absolute Gasteiger partial charge is 0.481 e. The van der Waals surface area contributed by atoms with Crippen LogP contribution in [0, 0.1) is 5.92 Å². The zero-order chi connectivity index (χ0) is 8.65. The fourth-order valence-electron chi connectivity index (χ4n) is 1.09. The minimum atomic E-state index is -3.67. The second-order valence-corrected chi connectivity index (χ2v) is 5.38. The third-order valence-electron chi connectivity index (χ3n) is 1.89. The van der Waals surface area contributed by atoms with Crippen molar-refractivity contribution in [3.63, 3.8) is 0 Å². The number of aliphatic carboxylic acids is 1. The first-order valence-corrected chi connectivity index (χ1v) is 5.46. The summed E-state index contributed by atoms with van der Waals surface area (Å²) in [5.41, 5.74) is 0. The summed E-state index contributed by atoms with van der Waals surface area (Å²) in [7, 11) is 1.31.